The molecule has 0 aromatic heterocycles. The Bertz CT molecular complexity index is 883. The van der Waals surface area contributed by atoms with E-state index >= 15 is 0 Å². The minimum atomic E-state index is 0.217. The van der Waals surface area contributed by atoms with Crippen LogP contribution in [0.25, 0.3) is 0 Å². The molecule has 4 heteroatoms. The van der Waals surface area contributed by atoms with Gasteiger partial charge in [-0.25, -0.2) is 4.99 Å². The average molecular weight is 332 g/mol. The van der Waals surface area contributed by atoms with Crippen molar-refractivity contribution in [3.05, 3.63) is 65.0 Å². The molecule has 1 atom stereocenters. The number of fused-ring (bicyclic) bond motifs is 2. The highest BCUT2D eigenvalue weighted by molar-refractivity contribution is 6.16. The number of nitrogen functional groups attached to an aromatic ring is 1. The van der Waals surface area contributed by atoms with Crippen molar-refractivity contribution in [2.45, 2.75) is 32.7 Å². The normalized spacial score (nSPS) is 21.7. The Morgan fingerprint density at radius 1 is 1.24 bits per heavy atom. The smallest absolute Gasteiger partial charge is 0.0882 e. The third kappa shape index (κ3) is 2.63. The maximum atomic E-state index is 6.22. The zero-order valence-electron chi connectivity index (χ0n) is 15.0. The number of hydrogen-bond acceptors (Lipinski definition) is 4. The lowest BCUT2D eigenvalue weighted by Gasteiger charge is -2.37. The quantitative estimate of drug-likeness (QED) is 0.801. The van der Waals surface area contributed by atoms with Crippen LogP contribution in [-0.2, 0) is 0 Å². The van der Waals surface area contributed by atoms with Crippen molar-refractivity contribution in [3.8, 4) is 0 Å². The molecule has 1 heterocycles. The van der Waals surface area contributed by atoms with Crippen molar-refractivity contribution in [1.29, 1.82) is 0 Å². The molecule has 1 aromatic rings. The lowest BCUT2D eigenvalue weighted by molar-refractivity contribution is 0.743. The van der Waals surface area contributed by atoms with E-state index < -0.39 is 0 Å². The molecule has 25 heavy (non-hydrogen) atoms. The standard InChI is InChI=1S/C21H24N4/c1-13-9-18-20(11-16(13)22)25(15-7-5-4-6-8-15)21-12-17(23-3)14(2)10-19(21)24-18/h5,7-12,17,23H,4,6,22H2,1-3H3. The Kier molecular flexibility index (Phi) is 3.85. The molecular formula is C21H24N4. The minimum Gasteiger partial charge on any atom is -0.398 e. The number of aryl methyl sites for hydroxylation is 1. The van der Waals surface area contributed by atoms with Crippen LogP contribution in [0.5, 0.6) is 0 Å². The van der Waals surface area contributed by atoms with E-state index in [0.29, 0.717) is 0 Å². The van der Waals surface area contributed by atoms with Crippen molar-refractivity contribution in [3.63, 3.8) is 0 Å². The molecule has 1 unspecified atom stereocenters. The van der Waals surface area contributed by atoms with Crippen LogP contribution in [0.4, 0.5) is 17.1 Å². The predicted octanol–water partition coefficient (Wildman–Crippen LogP) is 4.14. The molecule has 3 aliphatic rings. The molecule has 4 nitrogen and oxygen atoms in total. The number of hydrogen-bond donors (Lipinski definition) is 2. The van der Waals surface area contributed by atoms with Crippen molar-refractivity contribution in [1.82, 2.24) is 5.32 Å². The van der Waals surface area contributed by atoms with E-state index in [4.69, 9.17) is 10.7 Å². The summed E-state index contributed by atoms with van der Waals surface area (Å²) in [6.45, 7) is 4.18. The molecule has 1 aliphatic heterocycles. The first-order chi connectivity index (χ1) is 12.1. The van der Waals surface area contributed by atoms with Crippen LogP contribution in [0.1, 0.15) is 25.3 Å². The maximum Gasteiger partial charge on any atom is 0.0882 e. The van der Waals surface area contributed by atoms with E-state index in [1.54, 1.807) is 0 Å². The molecule has 3 N–H and O–H groups in total. The van der Waals surface area contributed by atoms with E-state index in [-0.39, 0.29) is 6.04 Å². The number of likely N-dealkylation sites (N-methyl/N-ethyl adjacent to an activating group) is 1. The number of benzene rings is 1. The lowest BCUT2D eigenvalue weighted by Crippen LogP contribution is -2.36. The molecule has 0 saturated heterocycles. The van der Waals surface area contributed by atoms with Gasteiger partial charge in [-0.15, -0.1) is 0 Å². The Morgan fingerprint density at radius 2 is 2.08 bits per heavy atom. The first kappa shape index (κ1) is 15.9. The van der Waals surface area contributed by atoms with Gasteiger partial charge in [0.25, 0.3) is 0 Å². The molecule has 0 spiro atoms. The van der Waals surface area contributed by atoms with Gasteiger partial charge >= 0.3 is 0 Å². The fourth-order valence-corrected chi connectivity index (χ4v) is 3.61. The van der Waals surface area contributed by atoms with Gasteiger partial charge in [0, 0.05) is 17.4 Å². The van der Waals surface area contributed by atoms with Gasteiger partial charge in [-0.3, -0.25) is 0 Å². The summed E-state index contributed by atoms with van der Waals surface area (Å²) < 4.78 is 0. The molecule has 4 rings (SSSR count). The molecule has 128 valence electrons. The molecule has 0 fully saturated rings. The van der Waals surface area contributed by atoms with Gasteiger partial charge in [0.1, 0.15) is 0 Å². The van der Waals surface area contributed by atoms with Gasteiger partial charge in [0.05, 0.1) is 22.8 Å². The number of nitrogens with two attached hydrogens (primary N) is 1. The monoisotopic (exact) mass is 332 g/mol. The maximum absolute atomic E-state index is 6.22. The number of aliphatic imine (C=N–C) groups is 1. The fourth-order valence-electron chi connectivity index (χ4n) is 3.61. The third-order valence-electron chi connectivity index (χ3n) is 5.07. The SMILES string of the molecule is CNC1C=C2C(=Nc3cc(C)c(N)cc3N2C2=CCCC=C2)C=C1C. The Labute approximate surface area is 149 Å². The summed E-state index contributed by atoms with van der Waals surface area (Å²) in [6.07, 6.45) is 13.3. The second-order valence-corrected chi connectivity index (χ2v) is 6.85. The average Bonchev–Trinajstić information content (AvgIpc) is 2.61. The van der Waals surface area contributed by atoms with Gasteiger partial charge in [-0.2, -0.15) is 0 Å². The summed E-state index contributed by atoms with van der Waals surface area (Å²) in [4.78, 5) is 7.23. The Morgan fingerprint density at radius 3 is 2.80 bits per heavy atom. The Hall–Kier alpha value is -2.59. The highest BCUT2D eigenvalue weighted by Gasteiger charge is 2.30. The highest BCUT2D eigenvalue weighted by Crippen LogP contribution is 2.43. The van der Waals surface area contributed by atoms with E-state index in [1.165, 1.54) is 11.3 Å². The fraction of sp³-hybridized carbons (Fsp3) is 0.286. The summed E-state index contributed by atoms with van der Waals surface area (Å²) in [6, 6.07) is 4.35. The zero-order chi connectivity index (χ0) is 17.6. The van der Waals surface area contributed by atoms with Crippen LogP contribution in [0.2, 0.25) is 0 Å². The first-order valence-corrected chi connectivity index (χ1v) is 8.82. The molecule has 0 bridgehead atoms. The van der Waals surface area contributed by atoms with E-state index in [1.807, 2.05) is 14.0 Å². The molecule has 0 radical (unpaired) electrons. The topological polar surface area (TPSA) is 53.6 Å². The van der Waals surface area contributed by atoms with Crippen LogP contribution in [-0.4, -0.2) is 18.8 Å². The largest absolute Gasteiger partial charge is 0.398 e. The van der Waals surface area contributed by atoms with Crippen molar-refractivity contribution in [2.75, 3.05) is 17.7 Å². The summed E-state index contributed by atoms with van der Waals surface area (Å²) in [5, 5.41) is 3.37. The lowest BCUT2D eigenvalue weighted by atomic mass is 9.94. The Balaban J connectivity index is 1.94. The first-order valence-electron chi connectivity index (χ1n) is 8.82. The predicted molar refractivity (Wildman–Crippen MR) is 106 cm³/mol. The molecule has 0 saturated carbocycles. The highest BCUT2D eigenvalue weighted by atomic mass is 15.2. The molecule has 2 aliphatic carbocycles. The van der Waals surface area contributed by atoms with Gasteiger partial charge in [0.15, 0.2) is 0 Å². The van der Waals surface area contributed by atoms with Crippen molar-refractivity contribution < 1.29 is 0 Å². The minimum absolute atomic E-state index is 0.217. The van der Waals surface area contributed by atoms with Gasteiger partial charge < -0.3 is 16.0 Å². The molecule has 0 amide bonds. The number of nitrogens with one attached hydrogen (secondary N) is 1. The second-order valence-electron chi connectivity index (χ2n) is 6.85. The van der Waals surface area contributed by atoms with Crippen molar-refractivity contribution in [2.24, 2.45) is 4.99 Å². The van der Waals surface area contributed by atoms with E-state index in [2.05, 4.69) is 59.7 Å². The van der Waals surface area contributed by atoms with Crippen LogP contribution in [0.3, 0.4) is 0 Å². The second kappa shape index (κ2) is 6.05. The van der Waals surface area contributed by atoms with Crippen molar-refractivity contribution >= 4 is 22.8 Å². The molecular weight excluding hydrogens is 308 g/mol. The number of anilines is 2. The summed E-state index contributed by atoms with van der Waals surface area (Å²) >= 11 is 0. The third-order valence-corrected chi connectivity index (χ3v) is 5.07. The number of nitrogens with zero attached hydrogens (tertiary/aromatic N) is 2. The van der Waals surface area contributed by atoms with Crippen LogP contribution < -0.4 is 16.0 Å². The summed E-state index contributed by atoms with van der Waals surface area (Å²) in [5.41, 5.74) is 14.7. The summed E-state index contributed by atoms with van der Waals surface area (Å²) in [5.74, 6) is 0. The van der Waals surface area contributed by atoms with Gasteiger partial charge in [-0.05, 0) is 69.7 Å². The molecule has 1 aromatic carbocycles. The van der Waals surface area contributed by atoms with Crippen LogP contribution in [0, 0.1) is 6.92 Å². The summed E-state index contributed by atoms with van der Waals surface area (Å²) in [7, 11) is 1.99. The zero-order valence-corrected chi connectivity index (χ0v) is 15.0. The number of rotatable bonds is 2. The van der Waals surface area contributed by atoms with Gasteiger partial charge in [-0.1, -0.05) is 17.7 Å². The number of allylic oxidation sites excluding steroid dienone is 4. The van der Waals surface area contributed by atoms with Crippen LogP contribution >= 0.6 is 0 Å². The van der Waals surface area contributed by atoms with E-state index in [9.17, 15) is 0 Å². The van der Waals surface area contributed by atoms with Crippen LogP contribution in [0.15, 0.2) is 64.5 Å². The van der Waals surface area contributed by atoms with Gasteiger partial charge in [0.2, 0.25) is 0 Å². The van der Waals surface area contributed by atoms with E-state index in [0.717, 1.165) is 46.9 Å².